The second-order valence-electron chi connectivity index (χ2n) is 6.96. The maximum absolute atomic E-state index is 12.2. The van der Waals surface area contributed by atoms with Gasteiger partial charge < -0.3 is 19.7 Å². The van der Waals surface area contributed by atoms with Gasteiger partial charge in [-0.1, -0.05) is 18.2 Å². The molecule has 2 aromatic rings. The van der Waals surface area contributed by atoms with E-state index in [9.17, 15) is 19.2 Å². The Morgan fingerprint density at radius 3 is 2.67 bits per heavy atom. The van der Waals surface area contributed by atoms with Crippen molar-refractivity contribution in [3.8, 4) is 0 Å². The zero-order valence-corrected chi connectivity index (χ0v) is 16.7. The number of piperidine rings is 1. The highest BCUT2D eigenvalue weighted by atomic mass is 16.5. The van der Waals surface area contributed by atoms with E-state index in [2.05, 4.69) is 15.5 Å². The first-order valence-electron chi connectivity index (χ1n) is 9.72. The number of carbonyl (C=O) groups is 4. The number of hydrogen-bond donors (Lipinski definition) is 2. The molecule has 3 rings (SSSR count). The summed E-state index contributed by atoms with van der Waals surface area (Å²) in [6.07, 6.45) is 0.992. The molecule has 0 saturated carbocycles. The van der Waals surface area contributed by atoms with Crippen LogP contribution in [0.4, 0.5) is 0 Å². The first kappa shape index (κ1) is 21.3. The number of amides is 2. The molecule has 160 valence electrons. The van der Waals surface area contributed by atoms with Gasteiger partial charge in [0.05, 0.1) is 25.0 Å². The number of nitrogens with one attached hydrogen (secondary N) is 2. The largest absolute Gasteiger partial charge is 0.469 e. The first-order valence-corrected chi connectivity index (χ1v) is 9.72. The molecule has 1 aromatic carbocycles. The zero-order valence-electron chi connectivity index (χ0n) is 16.7. The van der Waals surface area contributed by atoms with Gasteiger partial charge in [0.25, 0.3) is 11.8 Å². The summed E-state index contributed by atoms with van der Waals surface area (Å²) in [4.78, 5) is 49.3. The van der Waals surface area contributed by atoms with Crippen LogP contribution in [0.15, 0.2) is 24.3 Å². The molecular formula is C20H24N4O6. The van der Waals surface area contributed by atoms with Crippen molar-refractivity contribution in [1.82, 2.24) is 20.4 Å². The number of ether oxygens (including phenoxy) is 2. The van der Waals surface area contributed by atoms with Crippen molar-refractivity contribution in [1.29, 1.82) is 0 Å². The summed E-state index contributed by atoms with van der Waals surface area (Å²) >= 11 is 0. The standard InChI is InChI=1S/C20H24N4O6/c1-29-20(28)13-7-10-24(11-8-13)16(25)12-30-17(26)6-9-21-19(27)18-14-4-2-3-5-15(14)22-23-18/h2-5,13H,6-12H2,1H3,(H,21,27)(H,22,23). The van der Waals surface area contributed by atoms with Gasteiger partial charge in [-0.3, -0.25) is 24.3 Å². The molecule has 0 atom stereocenters. The van der Waals surface area contributed by atoms with E-state index < -0.39 is 11.9 Å². The van der Waals surface area contributed by atoms with Crippen LogP contribution in [0.3, 0.4) is 0 Å². The van der Waals surface area contributed by atoms with Crippen LogP contribution in [0.25, 0.3) is 10.9 Å². The summed E-state index contributed by atoms with van der Waals surface area (Å²) < 4.78 is 9.72. The Kier molecular flexibility index (Phi) is 6.99. The molecule has 10 nitrogen and oxygen atoms in total. The van der Waals surface area contributed by atoms with Gasteiger partial charge in [0.2, 0.25) is 0 Å². The molecule has 0 radical (unpaired) electrons. The van der Waals surface area contributed by atoms with Gasteiger partial charge in [-0.2, -0.15) is 5.10 Å². The number of fused-ring (bicyclic) bond motifs is 1. The molecule has 0 aliphatic carbocycles. The molecule has 0 bridgehead atoms. The zero-order chi connectivity index (χ0) is 21.5. The average Bonchev–Trinajstić information content (AvgIpc) is 3.21. The number of carbonyl (C=O) groups excluding carboxylic acids is 4. The van der Waals surface area contributed by atoms with Gasteiger partial charge in [-0.25, -0.2) is 0 Å². The molecule has 1 aliphatic heterocycles. The normalized spacial score (nSPS) is 14.4. The smallest absolute Gasteiger partial charge is 0.308 e. The Morgan fingerprint density at radius 1 is 1.20 bits per heavy atom. The second kappa shape index (κ2) is 9.86. The Morgan fingerprint density at radius 2 is 1.93 bits per heavy atom. The van der Waals surface area contributed by atoms with Crippen molar-refractivity contribution in [2.24, 2.45) is 5.92 Å². The van der Waals surface area contributed by atoms with Gasteiger partial charge in [0.1, 0.15) is 0 Å². The highest BCUT2D eigenvalue weighted by Crippen LogP contribution is 2.18. The van der Waals surface area contributed by atoms with E-state index in [1.165, 1.54) is 7.11 Å². The molecule has 2 heterocycles. The lowest BCUT2D eigenvalue weighted by atomic mass is 9.97. The maximum atomic E-state index is 12.2. The molecule has 1 aromatic heterocycles. The van der Waals surface area contributed by atoms with E-state index >= 15 is 0 Å². The Labute approximate surface area is 172 Å². The topological polar surface area (TPSA) is 131 Å². The Balaban J connectivity index is 1.35. The number of para-hydroxylation sites is 1. The summed E-state index contributed by atoms with van der Waals surface area (Å²) in [7, 11) is 1.35. The summed E-state index contributed by atoms with van der Waals surface area (Å²) in [6.45, 7) is 0.547. The van der Waals surface area contributed by atoms with Crippen LogP contribution in [0.2, 0.25) is 0 Å². The van der Waals surface area contributed by atoms with E-state index in [1.807, 2.05) is 12.1 Å². The van der Waals surface area contributed by atoms with Crippen molar-refractivity contribution in [2.45, 2.75) is 19.3 Å². The van der Waals surface area contributed by atoms with Crippen molar-refractivity contribution in [3.05, 3.63) is 30.0 Å². The van der Waals surface area contributed by atoms with Crippen LogP contribution in [-0.4, -0.2) is 72.2 Å². The van der Waals surface area contributed by atoms with Gasteiger partial charge in [-0.15, -0.1) is 0 Å². The molecule has 2 amide bonds. The minimum atomic E-state index is -0.583. The lowest BCUT2D eigenvalue weighted by Crippen LogP contribution is -2.42. The van der Waals surface area contributed by atoms with Gasteiger partial charge in [-0.05, 0) is 18.9 Å². The summed E-state index contributed by atoms with van der Waals surface area (Å²) in [5.74, 6) is -1.75. The number of esters is 2. The number of likely N-dealkylation sites (tertiary alicyclic amines) is 1. The maximum Gasteiger partial charge on any atom is 0.308 e. The Bertz CT molecular complexity index is 932. The van der Waals surface area contributed by atoms with E-state index in [4.69, 9.17) is 9.47 Å². The summed E-state index contributed by atoms with van der Waals surface area (Å²) in [5.41, 5.74) is 1.00. The average molecular weight is 416 g/mol. The highest BCUT2D eigenvalue weighted by molar-refractivity contribution is 6.04. The third kappa shape index (κ3) is 5.13. The number of nitrogens with zero attached hydrogens (tertiary/aromatic N) is 2. The monoisotopic (exact) mass is 416 g/mol. The fourth-order valence-corrected chi connectivity index (χ4v) is 3.34. The number of aromatic amines is 1. The predicted molar refractivity (Wildman–Crippen MR) is 105 cm³/mol. The lowest BCUT2D eigenvalue weighted by molar-refractivity contribution is -0.154. The SMILES string of the molecule is COC(=O)C1CCN(C(=O)COC(=O)CCNC(=O)c2n[nH]c3ccccc23)CC1. The first-order chi connectivity index (χ1) is 14.5. The third-order valence-electron chi connectivity index (χ3n) is 5.04. The van der Waals surface area contributed by atoms with Crippen molar-refractivity contribution >= 4 is 34.7 Å². The molecule has 1 aliphatic rings. The molecule has 10 heteroatoms. The quantitative estimate of drug-likeness (QED) is 0.633. The van der Waals surface area contributed by atoms with Crippen LogP contribution in [0.1, 0.15) is 29.8 Å². The van der Waals surface area contributed by atoms with E-state index in [0.29, 0.717) is 31.3 Å². The van der Waals surface area contributed by atoms with Gasteiger partial charge in [0.15, 0.2) is 12.3 Å². The molecule has 0 spiro atoms. The number of hydrogen-bond acceptors (Lipinski definition) is 7. The third-order valence-corrected chi connectivity index (χ3v) is 5.04. The Hall–Kier alpha value is -3.43. The molecule has 1 fully saturated rings. The number of benzene rings is 1. The van der Waals surface area contributed by atoms with Gasteiger partial charge >= 0.3 is 11.9 Å². The number of H-pyrrole nitrogens is 1. The van der Waals surface area contributed by atoms with Crippen LogP contribution < -0.4 is 5.32 Å². The van der Waals surface area contributed by atoms with Gasteiger partial charge in [0, 0.05) is 25.0 Å². The van der Waals surface area contributed by atoms with E-state index in [-0.39, 0.29) is 43.1 Å². The number of aromatic nitrogens is 2. The lowest BCUT2D eigenvalue weighted by Gasteiger charge is -2.30. The van der Waals surface area contributed by atoms with Crippen molar-refractivity contribution in [2.75, 3.05) is 33.4 Å². The molecule has 30 heavy (non-hydrogen) atoms. The number of rotatable bonds is 7. The summed E-state index contributed by atoms with van der Waals surface area (Å²) in [5, 5.41) is 10.1. The highest BCUT2D eigenvalue weighted by Gasteiger charge is 2.28. The minimum absolute atomic E-state index is 0.0637. The molecule has 0 unspecified atom stereocenters. The predicted octanol–water partition coefficient (Wildman–Crippen LogP) is 0.638. The van der Waals surface area contributed by atoms with E-state index in [0.717, 1.165) is 5.52 Å². The molecular weight excluding hydrogens is 392 g/mol. The van der Waals surface area contributed by atoms with Crippen LogP contribution in [-0.2, 0) is 23.9 Å². The fourth-order valence-electron chi connectivity index (χ4n) is 3.34. The fraction of sp³-hybridized carbons (Fsp3) is 0.450. The van der Waals surface area contributed by atoms with Crippen LogP contribution >= 0.6 is 0 Å². The second-order valence-corrected chi connectivity index (χ2v) is 6.96. The summed E-state index contributed by atoms with van der Waals surface area (Å²) in [6, 6.07) is 7.23. The van der Waals surface area contributed by atoms with Crippen LogP contribution in [0, 0.1) is 5.92 Å². The van der Waals surface area contributed by atoms with Crippen LogP contribution in [0.5, 0.6) is 0 Å². The van der Waals surface area contributed by atoms with Crippen molar-refractivity contribution in [3.63, 3.8) is 0 Å². The minimum Gasteiger partial charge on any atom is -0.469 e. The van der Waals surface area contributed by atoms with Crippen molar-refractivity contribution < 1.29 is 28.7 Å². The molecule has 1 saturated heterocycles. The van der Waals surface area contributed by atoms with E-state index in [1.54, 1.807) is 17.0 Å². The molecule has 2 N–H and O–H groups in total. The number of methoxy groups -OCH3 is 1.